The third-order valence-electron chi connectivity index (χ3n) is 5.38. The molecule has 1 aromatic carbocycles. The summed E-state index contributed by atoms with van der Waals surface area (Å²) in [7, 11) is 0. The van der Waals surface area contributed by atoms with Gasteiger partial charge < -0.3 is 5.32 Å². The summed E-state index contributed by atoms with van der Waals surface area (Å²) in [6.45, 7) is 3.82. The molecule has 2 atom stereocenters. The number of rotatable bonds is 5. The smallest absolute Gasteiger partial charge is 0.0220 e. The predicted molar refractivity (Wildman–Crippen MR) is 83.1 cm³/mol. The normalized spacial score (nSPS) is 29.8. The second-order valence-corrected chi connectivity index (χ2v) is 6.93. The zero-order chi connectivity index (χ0) is 13.4. The average Bonchev–Trinajstić information content (AvgIpc) is 3.28. The average molecular weight is 270 g/mol. The Morgan fingerprint density at radius 2 is 2.00 bits per heavy atom. The maximum atomic E-state index is 3.74. The molecule has 1 heterocycles. The minimum Gasteiger partial charge on any atom is -0.312 e. The van der Waals surface area contributed by atoms with Crippen molar-refractivity contribution in [2.75, 3.05) is 19.6 Å². The van der Waals surface area contributed by atoms with E-state index >= 15 is 0 Å². The molecule has 4 rings (SSSR count). The van der Waals surface area contributed by atoms with Crippen LogP contribution in [0.1, 0.15) is 49.1 Å². The summed E-state index contributed by atoms with van der Waals surface area (Å²) in [5.74, 6) is 0.799. The van der Waals surface area contributed by atoms with Crippen LogP contribution in [0, 0.1) is 0 Å². The SMILES string of the molecule is c1ccc2c(c1)CC2CN1CCCCC1CNC1CC1. The molecule has 0 spiro atoms. The van der Waals surface area contributed by atoms with E-state index < -0.39 is 0 Å². The van der Waals surface area contributed by atoms with Crippen molar-refractivity contribution >= 4 is 0 Å². The largest absolute Gasteiger partial charge is 0.312 e. The van der Waals surface area contributed by atoms with Crippen molar-refractivity contribution in [3.05, 3.63) is 35.4 Å². The van der Waals surface area contributed by atoms with Gasteiger partial charge in [-0.2, -0.15) is 0 Å². The van der Waals surface area contributed by atoms with Crippen molar-refractivity contribution < 1.29 is 0 Å². The van der Waals surface area contributed by atoms with Gasteiger partial charge >= 0.3 is 0 Å². The first-order valence-corrected chi connectivity index (χ1v) is 8.45. The first kappa shape index (κ1) is 12.8. The molecule has 0 amide bonds. The highest BCUT2D eigenvalue weighted by Gasteiger charge is 2.31. The number of likely N-dealkylation sites (tertiary alicyclic amines) is 1. The third-order valence-corrected chi connectivity index (χ3v) is 5.38. The second-order valence-electron chi connectivity index (χ2n) is 6.93. The lowest BCUT2D eigenvalue weighted by Crippen LogP contribution is -2.48. The molecular weight excluding hydrogens is 244 g/mol. The topological polar surface area (TPSA) is 15.3 Å². The van der Waals surface area contributed by atoms with Crippen LogP contribution in [0.4, 0.5) is 0 Å². The summed E-state index contributed by atoms with van der Waals surface area (Å²) in [4.78, 5) is 2.78. The van der Waals surface area contributed by atoms with Crippen LogP contribution in [0.25, 0.3) is 0 Å². The number of nitrogens with zero attached hydrogens (tertiary/aromatic N) is 1. The van der Waals surface area contributed by atoms with Crippen molar-refractivity contribution in [3.8, 4) is 0 Å². The minimum atomic E-state index is 0.789. The van der Waals surface area contributed by atoms with E-state index in [1.54, 1.807) is 11.1 Å². The third kappa shape index (κ3) is 2.64. The van der Waals surface area contributed by atoms with Gasteiger partial charge in [0.25, 0.3) is 0 Å². The highest BCUT2D eigenvalue weighted by atomic mass is 15.2. The molecule has 0 bridgehead atoms. The fourth-order valence-electron chi connectivity index (χ4n) is 3.93. The summed E-state index contributed by atoms with van der Waals surface area (Å²) in [5, 5.41) is 3.74. The van der Waals surface area contributed by atoms with Crippen molar-refractivity contribution in [2.45, 2.75) is 56.5 Å². The second kappa shape index (κ2) is 5.50. The van der Waals surface area contributed by atoms with Crippen LogP contribution in [-0.2, 0) is 6.42 Å². The lowest BCUT2D eigenvalue weighted by atomic mass is 9.77. The van der Waals surface area contributed by atoms with Crippen LogP contribution in [0.3, 0.4) is 0 Å². The first-order valence-electron chi connectivity index (χ1n) is 8.45. The van der Waals surface area contributed by atoms with Gasteiger partial charge in [0.15, 0.2) is 0 Å². The van der Waals surface area contributed by atoms with E-state index in [-0.39, 0.29) is 0 Å². The van der Waals surface area contributed by atoms with Gasteiger partial charge in [-0.15, -0.1) is 0 Å². The van der Waals surface area contributed by atoms with E-state index in [4.69, 9.17) is 0 Å². The molecule has 1 aliphatic heterocycles. The molecule has 1 saturated heterocycles. The lowest BCUT2D eigenvalue weighted by Gasteiger charge is -2.41. The van der Waals surface area contributed by atoms with Gasteiger partial charge in [-0.25, -0.2) is 0 Å². The molecule has 2 fully saturated rings. The van der Waals surface area contributed by atoms with Crippen molar-refractivity contribution in [3.63, 3.8) is 0 Å². The van der Waals surface area contributed by atoms with Crippen LogP contribution in [0.2, 0.25) is 0 Å². The Morgan fingerprint density at radius 3 is 2.85 bits per heavy atom. The van der Waals surface area contributed by atoms with Gasteiger partial charge in [-0.3, -0.25) is 4.90 Å². The van der Waals surface area contributed by atoms with Crippen molar-refractivity contribution in [1.82, 2.24) is 10.2 Å². The first-order chi connectivity index (χ1) is 9.90. The Hall–Kier alpha value is -0.860. The molecule has 2 heteroatoms. The molecule has 2 nitrogen and oxygen atoms in total. The Bertz CT molecular complexity index is 466. The van der Waals surface area contributed by atoms with E-state index in [1.807, 2.05) is 0 Å². The molecule has 3 aliphatic rings. The maximum Gasteiger partial charge on any atom is 0.0220 e. The number of fused-ring (bicyclic) bond motifs is 1. The molecule has 0 aromatic heterocycles. The molecule has 20 heavy (non-hydrogen) atoms. The van der Waals surface area contributed by atoms with Gasteiger partial charge in [0.1, 0.15) is 0 Å². The summed E-state index contributed by atoms with van der Waals surface area (Å²) in [6.07, 6.45) is 8.33. The fraction of sp³-hybridized carbons (Fsp3) is 0.667. The number of nitrogens with one attached hydrogen (secondary N) is 1. The maximum absolute atomic E-state index is 3.74. The molecular formula is C18H26N2. The summed E-state index contributed by atoms with van der Waals surface area (Å²) >= 11 is 0. The Kier molecular flexibility index (Phi) is 3.53. The van der Waals surface area contributed by atoms with Crippen LogP contribution >= 0.6 is 0 Å². The summed E-state index contributed by atoms with van der Waals surface area (Å²) in [5.41, 5.74) is 3.20. The molecule has 2 unspecified atom stereocenters. The lowest BCUT2D eigenvalue weighted by molar-refractivity contribution is 0.132. The van der Waals surface area contributed by atoms with E-state index in [2.05, 4.69) is 34.5 Å². The van der Waals surface area contributed by atoms with Gasteiger partial charge in [0.2, 0.25) is 0 Å². The van der Waals surface area contributed by atoms with E-state index in [9.17, 15) is 0 Å². The summed E-state index contributed by atoms with van der Waals surface area (Å²) < 4.78 is 0. The molecule has 108 valence electrons. The highest BCUT2D eigenvalue weighted by molar-refractivity contribution is 5.40. The fourth-order valence-corrected chi connectivity index (χ4v) is 3.93. The zero-order valence-corrected chi connectivity index (χ0v) is 12.4. The minimum absolute atomic E-state index is 0.789. The van der Waals surface area contributed by atoms with E-state index in [0.717, 1.165) is 18.0 Å². The standard InChI is InChI=1S/C18H26N2/c1-2-7-18-14(5-1)11-15(18)13-20-10-4-3-6-17(20)12-19-16-8-9-16/h1-2,5,7,15-17,19H,3-4,6,8-13H2. The molecule has 2 aliphatic carbocycles. The van der Waals surface area contributed by atoms with Crippen molar-refractivity contribution in [2.24, 2.45) is 0 Å². The predicted octanol–water partition coefficient (Wildman–Crippen LogP) is 2.93. The molecule has 1 aromatic rings. The van der Waals surface area contributed by atoms with E-state index in [1.165, 1.54) is 58.2 Å². The summed E-state index contributed by atoms with van der Waals surface area (Å²) in [6, 6.07) is 10.7. The monoisotopic (exact) mass is 270 g/mol. The Balaban J connectivity index is 1.36. The number of hydrogen-bond acceptors (Lipinski definition) is 2. The zero-order valence-electron chi connectivity index (χ0n) is 12.4. The van der Waals surface area contributed by atoms with Crippen LogP contribution in [0.5, 0.6) is 0 Å². The van der Waals surface area contributed by atoms with E-state index in [0.29, 0.717) is 0 Å². The van der Waals surface area contributed by atoms with Crippen LogP contribution in [0.15, 0.2) is 24.3 Å². The molecule has 0 radical (unpaired) electrons. The Morgan fingerprint density at radius 1 is 1.10 bits per heavy atom. The van der Waals surface area contributed by atoms with Crippen molar-refractivity contribution in [1.29, 1.82) is 0 Å². The molecule has 1 N–H and O–H groups in total. The quantitative estimate of drug-likeness (QED) is 0.885. The van der Waals surface area contributed by atoms with Gasteiger partial charge in [-0.1, -0.05) is 30.7 Å². The van der Waals surface area contributed by atoms with Crippen LogP contribution < -0.4 is 5.32 Å². The highest BCUT2D eigenvalue weighted by Crippen LogP contribution is 2.36. The van der Waals surface area contributed by atoms with Gasteiger partial charge in [-0.05, 0) is 49.8 Å². The number of piperidine rings is 1. The Labute approximate surface area is 122 Å². The van der Waals surface area contributed by atoms with Crippen LogP contribution in [-0.4, -0.2) is 36.6 Å². The number of hydrogen-bond donors (Lipinski definition) is 1. The molecule has 1 saturated carbocycles. The number of benzene rings is 1. The van der Waals surface area contributed by atoms with Gasteiger partial charge in [0, 0.05) is 31.1 Å². The van der Waals surface area contributed by atoms with Gasteiger partial charge in [0.05, 0.1) is 0 Å².